The van der Waals surface area contributed by atoms with E-state index in [0.717, 1.165) is 71.8 Å². The molecule has 1 radical (unpaired) electrons. The third-order valence-electron chi connectivity index (χ3n) is 13.5. The van der Waals surface area contributed by atoms with Crippen LogP contribution in [0.4, 0.5) is 0 Å². The van der Waals surface area contributed by atoms with Crippen LogP contribution in [0.5, 0.6) is 0 Å². The Morgan fingerprint density at radius 3 is 2.14 bits per heavy atom. The first-order chi connectivity index (χ1) is 36.7. The summed E-state index contributed by atoms with van der Waals surface area (Å²) in [5, 5.41) is 4.87. The van der Waals surface area contributed by atoms with Crippen LogP contribution < -0.4 is 0 Å². The number of furan rings is 3. The molecule has 9 heteroatoms. The minimum absolute atomic E-state index is 0. The molecule has 0 aliphatic heterocycles. The molecule has 6 aromatic heterocycles. The van der Waals surface area contributed by atoms with Gasteiger partial charge >= 0.3 is 5.78 Å². The standard InChI is InChI=1S/C46H32N3O4.C17H20N.Ir/c1-24(2)31-19-27(26-11-6-5-7-12-26)20-32(25(3)4)42(31)49-43-35(17-18-37-40(43)41-46(53-37)50-23-47-41)48-45(49)30-15-10-14-29-34-22-38-33(21-39(34)52-44(29)30)28-13-8-9-16-36(28)51-38;1-12-6-8-14(9-7-12)16-10-15(17(3,4)5)13(2)11-18-16;/h5-14,16-25H,1-4H3;6-8,10-11H,1-5H3;/q2*-1;/i;1D3,2D3;. The van der Waals surface area contributed by atoms with Crippen LogP contribution in [0.3, 0.4) is 0 Å². The third kappa shape index (κ3) is 7.83. The SMILES string of the molecule is CC(C)c1cc(-c2ccccc2)cc(C(C)C)c1-n1c(-c2[c-]ccc3c2oc2cc4c(cc23)oc2ccccc24)nc2ccc3oc4ocnc4c3c21.[2H]C([2H])([2H])c1c[c-]c(-c2cc(C(C)(C)C)c(C([2H])([2H])[2H])cn2)cc1.[Ir]. The van der Waals surface area contributed by atoms with Gasteiger partial charge in [0.15, 0.2) is 11.9 Å². The quantitative estimate of drug-likeness (QED) is 0.153. The van der Waals surface area contributed by atoms with Gasteiger partial charge in [0.05, 0.1) is 27.8 Å². The van der Waals surface area contributed by atoms with Gasteiger partial charge in [0, 0.05) is 56.4 Å². The Kier molecular flexibility index (Phi) is 9.97. The molecule has 0 unspecified atom stereocenters. The Hall–Kier alpha value is -7.58. The van der Waals surface area contributed by atoms with Crippen molar-refractivity contribution in [3.8, 4) is 39.5 Å². The molecule has 6 heterocycles. The van der Waals surface area contributed by atoms with E-state index in [2.05, 4.69) is 121 Å². The number of imidazole rings is 1. The second-order valence-electron chi connectivity index (χ2n) is 19.8. The molecule has 0 saturated heterocycles. The molecule has 8 nitrogen and oxygen atoms in total. The van der Waals surface area contributed by atoms with Crippen LogP contribution in [0.25, 0.3) is 117 Å². The zero-order chi connectivity index (χ0) is 53.9. The second kappa shape index (κ2) is 17.9. The number of aromatic nitrogens is 4. The number of hydrogen-bond donors (Lipinski definition) is 0. The van der Waals surface area contributed by atoms with Crippen molar-refractivity contribution in [3.63, 3.8) is 0 Å². The van der Waals surface area contributed by atoms with Crippen molar-refractivity contribution in [2.45, 2.75) is 79.4 Å². The molecule has 13 rings (SSSR count). The van der Waals surface area contributed by atoms with Crippen molar-refractivity contribution < 1.29 is 46.0 Å². The smallest absolute Gasteiger partial charge is 0.319 e. The molecule has 0 aliphatic carbocycles. The Morgan fingerprint density at radius 1 is 0.667 bits per heavy atom. The van der Waals surface area contributed by atoms with E-state index >= 15 is 0 Å². The average Bonchev–Trinajstić information content (AvgIpc) is 4.32. The van der Waals surface area contributed by atoms with Crippen molar-refractivity contribution in [2.24, 2.45) is 0 Å². The molecule has 0 atom stereocenters. The molecule has 7 aromatic carbocycles. The van der Waals surface area contributed by atoms with E-state index in [1.165, 1.54) is 47.0 Å². The first-order valence-electron chi connectivity index (χ1n) is 26.9. The van der Waals surface area contributed by atoms with Gasteiger partial charge in [-0.1, -0.05) is 121 Å². The minimum atomic E-state index is -2.23. The number of para-hydroxylation sites is 1. The van der Waals surface area contributed by atoms with E-state index in [4.69, 9.17) is 30.9 Å². The van der Waals surface area contributed by atoms with Gasteiger partial charge in [-0.25, -0.2) is 4.98 Å². The third-order valence-corrected chi connectivity index (χ3v) is 13.5. The maximum atomic E-state index is 7.69. The predicted molar refractivity (Wildman–Crippen MR) is 288 cm³/mol. The predicted octanol–water partition coefficient (Wildman–Crippen LogP) is 17.6. The monoisotopic (exact) mass is 1130 g/mol. The van der Waals surface area contributed by atoms with E-state index in [1.54, 1.807) is 12.1 Å². The summed E-state index contributed by atoms with van der Waals surface area (Å²) in [5.41, 5.74) is 14.8. The van der Waals surface area contributed by atoms with E-state index in [-0.39, 0.29) is 48.5 Å². The van der Waals surface area contributed by atoms with Crippen LogP contribution in [-0.4, -0.2) is 19.5 Å². The first kappa shape index (κ1) is 40.1. The summed E-state index contributed by atoms with van der Waals surface area (Å²) in [6.07, 6.45) is 2.82. The second-order valence-corrected chi connectivity index (χ2v) is 19.8. The number of pyridine rings is 1. The summed E-state index contributed by atoms with van der Waals surface area (Å²) in [6, 6.07) is 48.4. The summed E-state index contributed by atoms with van der Waals surface area (Å²) in [5.74, 6) is 1.48. The zero-order valence-electron chi connectivity index (χ0n) is 46.7. The molecule has 0 amide bonds. The summed E-state index contributed by atoms with van der Waals surface area (Å²) < 4.78 is 72.6. The molecule has 72 heavy (non-hydrogen) atoms. The number of hydrogen-bond acceptors (Lipinski definition) is 7. The molecule has 0 bridgehead atoms. The summed E-state index contributed by atoms with van der Waals surface area (Å²) >= 11 is 0. The van der Waals surface area contributed by atoms with E-state index in [0.29, 0.717) is 39.3 Å². The summed E-state index contributed by atoms with van der Waals surface area (Å²) in [7, 11) is 0. The largest absolute Gasteiger partial charge is 0.501 e. The first-order valence-corrected chi connectivity index (χ1v) is 23.9. The summed E-state index contributed by atoms with van der Waals surface area (Å²) in [6.45, 7) is 10.5. The van der Waals surface area contributed by atoms with Gasteiger partial charge < -0.3 is 27.2 Å². The molecular formula is C63H52IrN4O4-2. The number of benzene rings is 7. The Balaban J connectivity index is 0.000000219. The van der Waals surface area contributed by atoms with Crippen molar-refractivity contribution in [2.75, 3.05) is 0 Å². The van der Waals surface area contributed by atoms with Crippen LogP contribution in [0.1, 0.15) is 96.3 Å². The van der Waals surface area contributed by atoms with Crippen LogP contribution >= 0.6 is 0 Å². The van der Waals surface area contributed by atoms with Gasteiger partial charge in [-0.3, -0.25) is 4.98 Å². The maximum absolute atomic E-state index is 7.69. The number of aryl methyl sites for hydroxylation is 2. The van der Waals surface area contributed by atoms with E-state index in [1.807, 2.05) is 57.2 Å². The van der Waals surface area contributed by atoms with Gasteiger partial charge in [-0.2, -0.15) is 0 Å². The van der Waals surface area contributed by atoms with Gasteiger partial charge in [0.1, 0.15) is 22.3 Å². The van der Waals surface area contributed by atoms with Crippen molar-refractivity contribution in [1.82, 2.24) is 19.5 Å². The van der Waals surface area contributed by atoms with Crippen LogP contribution in [0, 0.1) is 25.8 Å². The maximum Gasteiger partial charge on any atom is 0.319 e. The normalized spacial score (nSPS) is 13.7. The molecule has 0 aliphatic rings. The molecule has 0 N–H and O–H groups in total. The molecule has 0 saturated carbocycles. The zero-order valence-corrected chi connectivity index (χ0v) is 43.1. The minimum Gasteiger partial charge on any atom is -0.501 e. The average molecular weight is 1130 g/mol. The molecule has 0 spiro atoms. The van der Waals surface area contributed by atoms with Crippen LogP contribution in [0.2, 0.25) is 0 Å². The molecule has 0 fully saturated rings. The Morgan fingerprint density at radius 2 is 1.42 bits per heavy atom. The fraction of sp³-hybridized carbons (Fsp3) is 0.190. The Labute approximate surface area is 439 Å². The molecule has 13 aromatic rings. The van der Waals surface area contributed by atoms with Crippen molar-refractivity contribution >= 4 is 77.2 Å². The van der Waals surface area contributed by atoms with Crippen LogP contribution in [-0.2, 0) is 25.5 Å². The molecular weight excluding hydrogens is 1070 g/mol. The van der Waals surface area contributed by atoms with Gasteiger partial charge in [-0.15, -0.1) is 53.6 Å². The van der Waals surface area contributed by atoms with E-state index in [9.17, 15) is 0 Å². The van der Waals surface area contributed by atoms with Gasteiger partial charge in [-0.05, 0) is 106 Å². The number of rotatable bonds is 6. The fourth-order valence-electron chi connectivity index (χ4n) is 9.97. The van der Waals surface area contributed by atoms with Gasteiger partial charge in [0.25, 0.3) is 0 Å². The van der Waals surface area contributed by atoms with Gasteiger partial charge in [0.2, 0.25) is 0 Å². The summed E-state index contributed by atoms with van der Waals surface area (Å²) in [4.78, 5) is 14.3. The molecule has 359 valence electrons. The number of oxazole rings is 1. The van der Waals surface area contributed by atoms with Crippen molar-refractivity contribution in [1.29, 1.82) is 0 Å². The Bertz CT molecular complexity index is 4390. The van der Waals surface area contributed by atoms with Crippen molar-refractivity contribution in [3.05, 3.63) is 180 Å². The number of nitrogens with zero attached hydrogens (tertiary/aromatic N) is 4. The fourth-order valence-corrected chi connectivity index (χ4v) is 9.97. The number of fused-ring (bicyclic) bond motifs is 11. The van der Waals surface area contributed by atoms with E-state index < -0.39 is 13.7 Å². The topological polar surface area (TPSA) is 96.2 Å². The van der Waals surface area contributed by atoms with Crippen LogP contribution in [0.15, 0.2) is 158 Å².